The normalized spacial score (nSPS) is 11.9. The van der Waals surface area contributed by atoms with Gasteiger partial charge in [-0.3, -0.25) is 14.0 Å². The number of rotatable bonds is 6. The molecule has 4 aromatic rings. The summed E-state index contributed by atoms with van der Waals surface area (Å²) in [6, 6.07) is 18.3. The van der Waals surface area contributed by atoms with Crippen LogP contribution < -0.4 is 11.0 Å². The Hall–Kier alpha value is -4.31. The quantitative estimate of drug-likeness (QED) is 0.260. The van der Waals surface area contributed by atoms with Gasteiger partial charge in [0.15, 0.2) is 5.49 Å². The molecule has 0 saturated carbocycles. The molecule has 0 N–H and O–H groups in total. The highest BCUT2D eigenvalue weighted by molar-refractivity contribution is 5.92. The van der Waals surface area contributed by atoms with E-state index in [4.69, 9.17) is 0 Å². The van der Waals surface area contributed by atoms with Crippen LogP contribution in [0.1, 0.15) is 37.3 Å². The summed E-state index contributed by atoms with van der Waals surface area (Å²) in [6.07, 6.45) is 7.46. The van der Waals surface area contributed by atoms with Gasteiger partial charge in [-0.05, 0) is 36.3 Å². The van der Waals surface area contributed by atoms with Crippen molar-refractivity contribution in [2.75, 3.05) is 0 Å². The Morgan fingerprint density at radius 2 is 1.94 bits per heavy atom. The maximum absolute atomic E-state index is 13.1. The highest BCUT2D eigenvalue weighted by atomic mass is 16.1. The number of carbonyl (C=O) groups is 1. The van der Waals surface area contributed by atoms with Crippen LogP contribution in [-0.4, -0.2) is 19.9 Å². The van der Waals surface area contributed by atoms with Gasteiger partial charge < -0.3 is 4.57 Å². The number of pyridine rings is 2. The molecule has 7 heteroatoms. The van der Waals surface area contributed by atoms with Gasteiger partial charge >= 0.3 is 0 Å². The van der Waals surface area contributed by atoms with Gasteiger partial charge in [-0.1, -0.05) is 56.2 Å². The second kappa shape index (κ2) is 9.88. The zero-order chi connectivity index (χ0) is 23.2. The molecule has 4 rings (SSSR count). The topological polar surface area (TPSA) is 92.5 Å². The van der Waals surface area contributed by atoms with E-state index in [1.807, 2.05) is 36.4 Å². The van der Waals surface area contributed by atoms with E-state index in [0.717, 1.165) is 24.8 Å². The average Bonchev–Trinajstić information content (AvgIpc) is 2.85. The molecule has 0 saturated heterocycles. The number of nitriles is 1. The van der Waals surface area contributed by atoms with Gasteiger partial charge in [-0.25, -0.2) is 4.98 Å². The number of aromatic nitrogens is 3. The molecule has 3 aromatic heterocycles. The monoisotopic (exact) mass is 437 g/mol. The minimum absolute atomic E-state index is 0.162. The number of benzene rings is 1. The number of unbranched alkanes of at least 4 members (excludes halogenated alkanes) is 2. The first-order chi connectivity index (χ1) is 16.1. The van der Waals surface area contributed by atoms with Crippen molar-refractivity contribution in [3.63, 3.8) is 0 Å². The average molecular weight is 438 g/mol. The van der Waals surface area contributed by atoms with Crippen molar-refractivity contribution in [2.24, 2.45) is 4.99 Å². The summed E-state index contributed by atoms with van der Waals surface area (Å²) in [5, 5.41) is 10.1. The Labute approximate surface area is 190 Å². The highest BCUT2D eigenvalue weighted by Gasteiger charge is 2.14. The molecule has 7 nitrogen and oxygen atoms in total. The maximum atomic E-state index is 13.1. The predicted octanol–water partition coefficient (Wildman–Crippen LogP) is 3.85. The fourth-order valence-electron chi connectivity index (χ4n) is 3.69. The van der Waals surface area contributed by atoms with Crippen LogP contribution in [0.2, 0.25) is 0 Å². The minimum atomic E-state index is -0.489. The zero-order valence-electron chi connectivity index (χ0n) is 18.3. The second-order valence-electron chi connectivity index (χ2n) is 7.63. The van der Waals surface area contributed by atoms with Gasteiger partial charge in [0.2, 0.25) is 0 Å². The lowest BCUT2D eigenvalue weighted by Crippen LogP contribution is -2.29. The van der Waals surface area contributed by atoms with Crippen molar-refractivity contribution in [3.8, 4) is 6.07 Å². The first-order valence-electron chi connectivity index (χ1n) is 10.9. The summed E-state index contributed by atoms with van der Waals surface area (Å²) in [4.78, 5) is 34.7. The summed E-state index contributed by atoms with van der Waals surface area (Å²) in [5.41, 5.74) is 1.89. The van der Waals surface area contributed by atoms with E-state index in [1.54, 1.807) is 29.0 Å². The fraction of sp³-hybridized carbons (Fsp3) is 0.192. The van der Waals surface area contributed by atoms with Gasteiger partial charge in [0.1, 0.15) is 17.4 Å². The molecule has 3 heterocycles. The first kappa shape index (κ1) is 21.9. The standard InChI is InChI=1S/C26H23N5O2/c1-2-3-8-16-31-24(29-23(32)14-13-19-10-5-4-6-11-19)20(18-27)17-21-25(31)28-22-12-7-9-15-30(22)26(21)33/h4-7,9-15,17H,2-3,8,16H2,1H3. The number of hydrogen-bond acceptors (Lipinski definition) is 4. The van der Waals surface area contributed by atoms with Crippen molar-refractivity contribution in [1.29, 1.82) is 5.26 Å². The Morgan fingerprint density at radius 3 is 2.70 bits per heavy atom. The summed E-state index contributed by atoms with van der Waals surface area (Å²) in [5.74, 6) is -0.489. The van der Waals surface area contributed by atoms with E-state index < -0.39 is 5.91 Å². The lowest BCUT2D eigenvalue weighted by molar-refractivity contribution is -0.113. The van der Waals surface area contributed by atoms with Crippen LogP contribution in [0.25, 0.3) is 22.8 Å². The Bertz CT molecular complexity index is 1520. The van der Waals surface area contributed by atoms with Crippen molar-refractivity contribution in [1.82, 2.24) is 14.0 Å². The third-order valence-corrected chi connectivity index (χ3v) is 5.33. The molecule has 0 atom stereocenters. The maximum Gasteiger partial charge on any atom is 0.271 e. The highest BCUT2D eigenvalue weighted by Crippen LogP contribution is 2.11. The van der Waals surface area contributed by atoms with Crippen LogP contribution in [0.3, 0.4) is 0 Å². The number of carbonyl (C=O) groups excluding carboxylic acids is 1. The molecule has 0 unspecified atom stereocenters. The SMILES string of the molecule is CCCCCn1c(=NC(=O)C=Cc2ccccc2)c(C#N)cc2c(=O)n3ccccc3nc21. The number of amides is 1. The molecule has 33 heavy (non-hydrogen) atoms. The lowest BCUT2D eigenvalue weighted by Gasteiger charge is -2.13. The van der Waals surface area contributed by atoms with E-state index in [9.17, 15) is 14.9 Å². The van der Waals surface area contributed by atoms with Gasteiger partial charge in [0, 0.05) is 18.8 Å². The summed E-state index contributed by atoms with van der Waals surface area (Å²) < 4.78 is 3.18. The van der Waals surface area contributed by atoms with Crippen molar-refractivity contribution >= 4 is 28.7 Å². The van der Waals surface area contributed by atoms with E-state index in [1.165, 1.54) is 16.5 Å². The molecular formula is C26H23N5O2. The van der Waals surface area contributed by atoms with Gasteiger partial charge in [0.05, 0.1) is 10.9 Å². The third-order valence-electron chi connectivity index (χ3n) is 5.33. The summed E-state index contributed by atoms with van der Waals surface area (Å²) >= 11 is 0. The molecule has 0 aliphatic rings. The van der Waals surface area contributed by atoms with Gasteiger partial charge in [0.25, 0.3) is 11.5 Å². The number of hydrogen-bond donors (Lipinski definition) is 0. The predicted molar refractivity (Wildman–Crippen MR) is 127 cm³/mol. The summed E-state index contributed by atoms with van der Waals surface area (Å²) in [6.45, 7) is 2.58. The Kier molecular flexibility index (Phi) is 6.56. The lowest BCUT2D eigenvalue weighted by atomic mass is 10.2. The van der Waals surface area contributed by atoms with E-state index in [-0.39, 0.29) is 16.6 Å². The van der Waals surface area contributed by atoms with E-state index >= 15 is 0 Å². The second-order valence-corrected chi connectivity index (χ2v) is 7.63. The van der Waals surface area contributed by atoms with Crippen LogP contribution >= 0.6 is 0 Å². The van der Waals surface area contributed by atoms with Gasteiger partial charge in [-0.2, -0.15) is 10.3 Å². The molecule has 0 radical (unpaired) electrons. The number of nitrogens with zero attached hydrogens (tertiary/aromatic N) is 5. The molecule has 1 aromatic carbocycles. The molecule has 0 aliphatic heterocycles. The van der Waals surface area contributed by atoms with Crippen molar-refractivity contribution < 1.29 is 4.79 Å². The number of fused-ring (bicyclic) bond motifs is 2. The van der Waals surface area contributed by atoms with Crippen LogP contribution in [0.4, 0.5) is 0 Å². The van der Waals surface area contributed by atoms with Crippen LogP contribution in [0.5, 0.6) is 0 Å². The largest absolute Gasteiger partial charge is 0.309 e. The first-order valence-corrected chi connectivity index (χ1v) is 10.9. The minimum Gasteiger partial charge on any atom is -0.309 e. The fourth-order valence-corrected chi connectivity index (χ4v) is 3.69. The smallest absolute Gasteiger partial charge is 0.271 e. The summed E-state index contributed by atoms with van der Waals surface area (Å²) in [7, 11) is 0. The van der Waals surface area contributed by atoms with E-state index in [2.05, 4.69) is 23.0 Å². The molecule has 164 valence electrons. The molecular weight excluding hydrogens is 414 g/mol. The Morgan fingerprint density at radius 1 is 1.15 bits per heavy atom. The Balaban J connectivity index is 1.94. The van der Waals surface area contributed by atoms with Gasteiger partial charge in [-0.15, -0.1) is 0 Å². The third kappa shape index (κ3) is 4.65. The molecule has 0 fully saturated rings. The molecule has 0 bridgehead atoms. The molecule has 0 aliphatic carbocycles. The molecule has 1 amide bonds. The molecule has 0 spiro atoms. The zero-order valence-corrected chi connectivity index (χ0v) is 18.3. The van der Waals surface area contributed by atoms with E-state index in [0.29, 0.717) is 23.2 Å². The van der Waals surface area contributed by atoms with Crippen molar-refractivity contribution in [2.45, 2.75) is 32.7 Å². The van der Waals surface area contributed by atoms with Crippen LogP contribution in [0, 0.1) is 11.3 Å². The van der Waals surface area contributed by atoms with Crippen LogP contribution in [0.15, 0.2) is 76.7 Å². The van der Waals surface area contributed by atoms with Crippen molar-refractivity contribution in [3.05, 3.63) is 93.8 Å². The van der Waals surface area contributed by atoms with Crippen LogP contribution in [-0.2, 0) is 11.3 Å². The number of aryl methyl sites for hydroxylation is 1.